The molecule has 2 heterocycles. The van der Waals surface area contributed by atoms with Gasteiger partial charge >= 0.3 is 0 Å². The fraction of sp³-hybridized carbons (Fsp3) is 0.133. The zero-order valence-electron chi connectivity index (χ0n) is 11.1. The first-order valence-corrected chi connectivity index (χ1v) is 7.37. The average molecular weight is 299 g/mol. The van der Waals surface area contributed by atoms with Gasteiger partial charge in [-0.05, 0) is 17.5 Å². The molecular weight excluding hydrogens is 286 g/mol. The maximum Gasteiger partial charge on any atom is 0.272 e. The van der Waals surface area contributed by atoms with Crippen LogP contribution in [0.5, 0.6) is 0 Å². The summed E-state index contributed by atoms with van der Waals surface area (Å²) in [6, 6.07) is 11.1. The first kappa shape index (κ1) is 13.5. The third-order valence-electron chi connectivity index (χ3n) is 3.14. The van der Waals surface area contributed by atoms with Gasteiger partial charge in [0.25, 0.3) is 5.56 Å². The Morgan fingerprint density at radius 1 is 1.19 bits per heavy atom. The summed E-state index contributed by atoms with van der Waals surface area (Å²) in [6.45, 7) is 0.293. The predicted octanol–water partition coefficient (Wildman–Crippen LogP) is 1.84. The number of amides is 1. The summed E-state index contributed by atoms with van der Waals surface area (Å²) in [5.41, 5.74) is 0.434. The van der Waals surface area contributed by atoms with Crippen LogP contribution in [0.1, 0.15) is 10.6 Å². The molecule has 0 bridgehead atoms. The highest BCUT2D eigenvalue weighted by Crippen LogP contribution is 2.12. The van der Waals surface area contributed by atoms with E-state index < -0.39 is 0 Å². The molecule has 1 amide bonds. The van der Waals surface area contributed by atoms with Gasteiger partial charge in [0.15, 0.2) is 0 Å². The Bertz CT molecular complexity index is 824. The predicted molar refractivity (Wildman–Crippen MR) is 82.2 cm³/mol. The zero-order chi connectivity index (χ0) is 14.7. The number of thiophene rings is 1. The quantitative estimate of drug-likeness (QED) is 0.772. The minimum atomic E-state index is -0.223. The molecule has 0 aliphatic carbocycles. The molecule has 3 aromatic rings. The van der Waals surface area contributed by atoms with E-state index in [0.29, 0.717) is 24.0 Å². The molecule has 5 nitrogen and oxygen atoms in total. The van der Waals surface area contributed by atoms with E-state index in [2.05, 4.69) is 15.5 Å². The van der Waals surface area contributed by atoms with E-state index in [1.165, 1.54) is 0 Å². The second-order valence-corrected chi connectivity index (χ2v) is 5.61. The lowest BCUT2D eigenvalue weighted by atomic mass is 10.1. The summed E-state index contributed by atoms with van der Waals surface area (Å²) >= 11 is 1.55. The number of aromatic nitrogens is 2. The van der Waals surface area contributed by atoms with Crippen molar-refractivity contribution in [1.29, 1.82) is 0 Å². The van der Waals surface area contributed by atoms with Crippen molar-refractivity contribution >= 4 is 28.0 Å². The third-order valence-corrected chi connectivity index (χ3v) is 4.02. The molecule has 1 aromatic carbocycles. The molecule has 6 heteroatoms. The lowest BCUT2D eigenvalue weighted by Crippen LogP contribution is -2.25. The molecule has 0 unspecified atom stereocenters. The van der Waals surface area contributed by atoms with Gasteiger partial charge in [0, 0.05) is 10.3 Å². The summed E-state index contributed by atoms with van der Waals surface area (Å²) in [4.78, 5) is 24.6. The fourth-order valence-corrected chi connectivity index (χ4v) is 2.83. The van der Waals surface area contributed by atoms with Crippen molar-refractivity contribution < 1.29 is 4.79 Å². The Balaban J connectivity index is 1.75. The molecular formula is C15H13N3O2S. The van der Waals surface area contributed by atoms with Crippen molar-refractivity contribution in [3.63, 3.8) is 0 Å². The number of carbonyl (C=O) groups is 1. The number of nitrogens with one attached hydrogen (secondary N) is 2. The number of benzene rings is 1. The van der Waals surface area contributed by atoms with E-state index >= 15 is 0 Å². The van der Waals surface area contributed by atoms with E-state index in [1.54, 1.807) is 23.5 Å². The average Bonchev–Trinajstić information content (AvgIpc) is 3.00. The van der Waals surface area contributed by atoms with Crippen molar-refractivity contribution in [2.24, 2.45) is 0 Å². The summed E-state index contributed by atoms with van der Waals surface area (Å²) in [5.74, 6) is -0.0606. The number of aromatic amines is 1. The van der Waals surface area contributed by atoms with Gasteiger partial charge in [-0.25, -0.2) is 5.10 Å². The molecule has 2 N–H and O–H groups in total. The van der Waals surface area contributed by atoms with Crippen molar-refractivity contribution in [1.82, 2.24) is 15.5 Å². The minimum absolute atomic E-state index is 0.0606. The highest BCUT2D eigenvalue weighted by Gasteiger charge is 2.08. The number of carbonyl (C=O) groups excluding carboxylic acids is 1. The normalized spacial score (nSPS) is 10.7. The number of rotatable bonds is 4. The zero-order valence-corrected chi connectivity index (χ0v) is 11.9. The Labute approximate surface area is 124 Å². The lowest BCUT2D eigenvalue weighted by molar-refractivity contribution is -0.120. The van der Waals surface area contributed by atoms with Gasteiger partial charge in [0.2, 0.25) is 5.91 Å². The first-order valence-electron chi connectivity index (χ1n) is 6.49. The Morgan fingerprint density at radius 3 is 2.76 bits per heavy atom. The monoisotopic (exact) mass is 299 g/mol. The lowest BCUT2D eigenvalue weighted by Gasteiger charge is -2.06. The van der Waals surface area contributed by atoms with Crippen LogP contribution in [0.15, 0.2) is 46.6 Å². The van der Waals surface area contributed by atoms with Gasteiger partial charge in [-0.1, -0.05) is 24.3 Å². The molecule has 21 heavy (non-hydrogen) atoms. The molecule has 0 aliphatic heterocycles. The Hall–Kier alpha value is -2.47. The fourth-order valence-electron chi connectivity index (χ4n) is 2.12. The standard InChI is InChI=1S/C15H13N3O2S/c19-14(8-10-4-3-7-21-10)16-9-13-11-5-1-2-6-12(11)15(20)18-17-13/h1-7H,8-9H2,(H,16,19)(H,18,20). The second-order valence-electron chi connectivity index (χ2n) is 4.58. The topological polar surface area (TPSA) is 74.8 Å². The highest BCUT2D eigenvalue weighted by molar-refractivity contribution is 7.10. The van der Waals surface area contributed by atoms with Crippen LogP contribution in [-0.2, 0) is 17.8 Å². The van der Waals surface area contributed by atoms with Gasteiger partial charge in [-0.3, -0.25) is 9.59 Å². The van der Waals surface area contributed by atoms with Gasteiger partial charge in [0.05, 0.1) is 24.0 Å². The number of hydrogen-bond acceptors (Lipinski definition) is 4. The SMILES string of the molecule is O=C(Cc1cccs1)NCc1n[nH]c(=O)c2ccccc12. The van der Waals surface area contributed by atoms with Crippen molar-refractivity contribution in [2.75, 3.05) is 0 Å². The highest BCUT2D eigenvalue weighted by atomic mass is 32.1. The van der Waals surface area contributed by atoms with E-state index in [0.717, 1.165) is 10.3 Å². The Morgan fingerprint density at radius 2 is 2.00 bits per heavy atom. The molecule has 0 atom stereocenters. The number of hydrogen-bond donors (Lipinski definition) is 2. The van der Waals surface area contributed by atoms with Crippen LogP contribution in [0.4, 0.5) is 0 Å². The molecule has 0 fully saturated rings. The van der Waals surface area contributed by atoms with E-state index in [1.807, 2.05) is 29.6 Å². The van der Waals surface area contributed by atoms with Crippen LogP contribution < -0.4 is 10.9 Å². The smallest absolute Gasteiger partial charge is 0.272 e. The Kier molecular flexibility index (Phi) is 3.79. The van der Waals surface area contributed by atoms with E-state index in [9.17, 15) is 9.59 Å². The maximum atomic E-state index is 11.9. The van der Waals surface area contributed by atoms with Gasteiger partial charge in [-0.2, -0.15) is 5.10 Å². The largest absolute Gasteiger partial charge is 0.350 e. The number of fused-ring (bicyclic) bond motifs is 1. The summed E-state index contributed by atoms with van der Waals surface area (Å²) in [6.07, 6.45) is 0.360. The van der Waals surface area contributed by atoms with Crippen molar-refractivity contribution in [2.45, 2.75) is 13.0 Å². The molecule has 0 radical (unpaired) electrons. The molecule has 0 aliphatic rings. The molecule has 0 saturated carbocycles. The van der Waals surface area contributed by atoms with Crippen molar-refractivity contribution in [3.8, 4) is 0 Å². The van der Waals surface area contributed by atoms with Gasteiger partial charge in [0.1, 0.15) is 0 Å². The van der Waals surface area contributed by atoms with Crippen molar-refractivity contribution in [3.05, 3.63) is 62.7 Å². The molecule has 2 aromatic heterocycles. The van der Waals surface area contributed by atoms with Crippen LogP contribution in [0.3, 0.4) is 0 Å². The minimum Gasteiger partial charge on any atom is -0.350 e. The first-order chi connectivity index (χ1) is 10.2. The number of H-pyrrole nitrogens is 1. The van der Waals surface area contributed by atoms with Gasteiger partial charge < -0.3 is 5.32 Å². The third kappa shape index (κ3) is 3.00. The van der Waals surface area contributed by atoms with Crippen LogP contribution in [0.2, 0.25) is 0 Å². The van der Waals surface area contributed by atoms with Crippen LogP contribution in [-0.4, -0.2) is 16.1 Å². The summed E-state index contributed by atoms with van der Waals surface area (Å²) < 4.78 is 0. The number of nitrogens with zero attached hydrogens (tertiary/aromatic N) is 1. The second kappa shape index (κ2) is 5.88. The van der Waals surface area contributed by atoms with E-state index in [4.69, 9.17) is 0 Å². The van der Waals surface area contributed by atoms with Gasteiger partial charge in [-0.15, -0.1) is 11.3 Å². The summed E-state index contributed by atoms with van der Waals surface area (Å²) in [5, 5.41) is 12.6. The maximum absolute atomic E-state index is 11.9. The molecule has 0 spiro atoms. The molecule has 0 saturated heterocycles. The van der Waals surface area contributed by atoms with Crippen LogP contribution >= 0.6 is 11.3 Å². The molecule has 3 rings (SSSR count). The van der Waals surface area contributed by atoms with E-state index in [-0.39, 0.29) is 11.5 Å². The molecule has 106 valence electrons. The van der Waals surface area contributed by atoms with Crippen LogP contribution in [0, 0.1) is 0 Å². The van der Waals surface area contributed by atoms with Crippen LogP contribution in [0.25, 0.3) is 10.8 Å². The summed E-state index contributed by atoms with van der Waals surface area (Å²) in [7, 11) is 0.